The van der Waals surface area contributed by atoms with E-state index >= 15 is 0 Å². The van der Waals surface area contributed by atoms with E-state index in [9.17, 15) is 44.3 Å². The first-order valence-electron chi connectivity index (χ1n) is 9.73. The van der Waals surface area contributed by atoms with Crippen molar-refractivity contribution < 1.29 is 49.0 Å². The van der Waals surface area contributed by atoms with Crippen molar-refractivity contribution in [1.82, 2.24) is 9.97 Å². The summed E-state index contributed by atoms with van der Waals surface area (Å²) in [7, 11) is 1.21. The number of rotatable bonds is 5. The normalized spacial score (nSPS) is 12.4. The van der Waals surface area contributed by atoms with Crippen molar-refractivity contribution in [2.75, 3.05) is 18.6 Å². The quantitative estimate of drug-likeness (QED) is 0.364. The first kappa shape index (κ1) is 26.8. The third kappa shape index (κ3) is 6.04. The number of alkyl halides is 9. The van der Waals surface area contributed by atoms with E-state index in [1.807, 2.05) is 0 Å². The summed E-state index contributed by atoms with van der Waals surface area (Å²) < 4.78 is 125. The summed E-state index contributed by atoms with van der Waals surface area (Å²) in [5.74, 6) is -1.83. The Hall–Kier alpha value is -3.84. The average molecular weight is 523 g/mol. The Labute approximate surface area is 197 Å². The van der Waals surface area contributed by atoms with E-state index in [4.69, 9.17) is 4.74 Å². The Morgan fingerprint density at radius 1 is 0.889 bits per heavy atom. The number of pyridine rings is 2. The molecule has 192 valence electrons. The molecule has 0 aliphatic carbocycles. The lowest BCUT2D eigenvalue weighted by Crippen LogP contribution is -2.39. The Morgan fingerprint density at radius 3 is 2.03 bits per heavy atom. The Morgan fingerprint density at radius 2 is 1.50 bits per heavy atom. The third-order valence-corrected chi connectivity index (χ3v) is 4.76. The number of methoxy groups -OCH3 is 1. The Bertz CT molecular complexity index is 1220. The van der Waals surface area contributed by atoms with Gasteiger partial charge in [0.1, 0.15) is 6.54 Å². The number of hydrogen-bond acceptors (Lipinski definition) is 4. The molecule has 0 saturated heterocycles. The predicted octanol–water partition coefficient (Wildman–Crippen LogP) is 6.40. The highest BCUT2D eigenvalue weighted by atomic mass is 19.4. The Kier molecular flexibility index (Phi) is 7.18. The highest BCUT2D eigenvalue weighted by Gasteiger charge is 2.40. The molecule has 1 amide bonds. The van der Waals surface area contributed by atoms with Gasteiger partial charge in [-0.2, -0.15) is 39.5 Å². The van der Waals surface area contributed by atoms with Gasteiger partial charge in [0.2, 0.25) is 5.88 Å². The number of carbonyl (C=O) groups excluding carboxylic acids is 1. The molecule has 2 aromatic heterocycles. The maximum absolute atomic E-state index is 13.5. The van der Waals surface area contributed by atoms with Gasteiger partial charge in [-0.05, 0) is 36.4 Å². The first-order valence-corrected chi connectivity index (χ1v) is 9.73. The number of anilines is 1. The molecule has 0 aliphatic rings. The molecule has 0 fully saturated rings. The van der Waals surface area contributed by atoms with E-state index in [0.29, 0.717) is 0 Å². The molecule has 1 aromatic carbocycles. The van der Waals surface area contributed by atoms with Crippen LogP contribution in [-0.2, 0) is 12.4 Å². The zero-order valence-electron chi connectivity index (χ0n) is 18.0. The summed E-state index contributed by atoms with van der Waals surface area (Å²) in [4.78, 5) is 20.7. The number of nitrogens with zero attached hydrogens (tertiary/aromatic N) is 3. The van der Waals surface area contributed by atoms with Crippen LogP contribution in [0.15, 0.2) is 55.0 Å². The van der Waals surface area contributed by atoms with Crippen molar-refractivity contribution in [3.05, 3.63) is 71.7 Å². The summed E-state index contributed by atoms with van der Waals surface area (Å²) in [5, 5.41) is 0. The number of halogens is 9. The van der Waals surface area contributed by atoms with E-state index in [-0.39, 0.29) is 40.1 Å². The Balaban J connectivity index is 2.25. The number of amides is 1. The monoisotopic (exact) mass is 523 g/mol. The van der Waals surface area contributed by atoms with Crippen LogP contribution >= 0.6 is 0 Å². The van der Waals surface area contributed by atoms with Gasteiger partial charge in [0, 0.05) is 29.1 Å². The zero-order valence-corrected chi connectivity index (χ0v) is 18.0. The predicted molar refractivity (Wildman–Crippen MR) is 108 cm³/mol. The minimum atomic E-state index is -5.31. The van der Waals surface area contributed by atoms with Gasteiger partial charge < -0.3 is 4.74 Å². The summed E-state index contributed by atoms with van der Waals surface area (Å²) >= 11 is 0. The van der Waals surface area contributed by atoms with Crippen LogP contribution in [0, 0.1) is 0 Å². The fourth-order valence-electron chi connectivity index (χ4n) is 3.27. The number of hydrogen-bond donors (Lipinski definition) is 0. The average Bonchev–Trinajstić information content (AvgIpc) is 2.80. The lowest BCUT2D eigenvalue weighted by Gasteiger charge is -2.27. The molecule has 3 rings (SSSR count). The summed E-state index contributed by atoms with van der Waals surface area (Å²) in [5.41, 5.74) is -5.50. The van der Waals surface area contributed by atoms with Gasteiger partial charge in [-0.25, -0.2) is 4.98 Å². The van der Waals surface area contributed by atoms with Gasteiger partial charge in [-0.3, -0.25) is 14.7 Å². The van der Waals surface area contributed by atoms with Gasteiger partial charge >= 0.3 is 18.5 Å². The molecule has 2 heterocycles. The van der Waals surface area contributed by atoms with Gasteiger partial charge in [-0.1, -0.05) is 0 Å². The first-order chi connectivity index (χ1) is 16.6. The van der Waals surface area contributed by atoms with Crippen molar-refractivity contribution in [3.8, 4) is 17.0 Å². The van der Waals surface area contributed by atoms with Crippen molar-refractivity contribution in [3.63, 3.8) is 0 Å². The fourth-order valence-corrected chi connectivity index (χ4v) is 3.27. The topological polar surface area (TPSA) is 55.3 Å². The standard InChI is InChI=1S/C22H14F9N3O2/c1-36-18-16(3-2-5-33-18)15-4-6-32-10-17(15)34(11-20(23,24)25)19(35)12-7-13(21(26,27)28)9-14(8-12)22(29,30)31/h2-10H,11H2,1H3. The summed E-state index contributed by atoms with van der Waals surface area (Å²) in [6.45, 7) is -2.04. The molecule has 0 atom stereocenters. The van der Waals surface area contributed by atoms with E-state index in [1.54, 1.807) is 0 Å². The van der Waals surface area contributed by atoms with Crippen LogP contribution < -0.4 is 9.64 Å². The van der Waals surface area contributed by atoms with Crippen molar-refractivity contribution in [1.29, 1.82) is 0 Å². The second-order valence-electron chi connectivity index (χ2n) is 7.25. The maximum Gasteiger partial charge on any atom is 0.416 e. The third-order valence-electron chi connectivity index (χ3n) is 4.76. The number of ether oxygens (including phenoxy) is 1. The molecule has 0 aliphatic heterocycles. The van der Waals surface area contributed by atoms with Crippen LogP contribution in [0.4, 0.5) is 45.2 Å². The molecular formula is C22H14F9N3O2. The molecule has 0 unspecified atom stereocenters. The zero-order chi connectivity index (χ0) is 26.9. The van der Waals surface area contributed by atoms with Crippen LogP contribution in [-0.4, -0.2) is 35.7 Å². The smallest absolute Gasteiger partial charge is 0.416 e. The molecule has 0 radical (unpaired) electrons. The molecule has 36 heavy (non-hydrogen) atoms. The van der Waals surface area contributed by atoms with Crippen molar-refractivity contribution in [2.45, 2.75) is 18.5 Å². The molecule has 5 nitrogen and oxygen atoms in total. The molecular weight excluding hydrogens is 509 g/mol. The fraction of sp³-hybridized carbons (Fsp3) is 0.227. The number of carbonyl (C=O) groups is 1. The molecule has 0 bridgehead atoms. The highest BCUT2D eigenvalue weighted by Crippen LogP contribution is 2.39. The molecule has 3 aromatic rings. The van der Waals surface area contributed by atoms with Crippen molar-refractivity contribution in [2.24, 2.45) is 0 Å². The van der Waals surface area contributed by atoms with Gasteiger partial charge in [0.25, 0.3) is 5.91 Å². The second kappa shape index (κ2) is 9.66. The highest BCUT2D eigenvalue weighted by molar-refractivity contribution is 6.08. The maximum atomic E-state index is 13.5. The van der Waals surface area contributed by atoms with E-state index in [2.05, 4.69) is 9.97 Å². The lowest BCUT2D eigenvalue weighted by molar-refractivity contribution is -0.143. The van der Waals surface area contributed by atoms with Gasteiger partial charge in [0.15, 0.2) is 0 Å². The largest absolute Gasteiger partial charge is 0.481 e. The minimum absolute atomic E-state index is 0.00438. The van der Waals surface area contributed by atoms with Crippen LogP contribution in [0.1, 0.15) is 21.5 Å². The van der Waals surface area contributed by atoms with Gasteiger partial charge in [-0.15, -0.1) is 0 Å². The summed E-state index contributed by atoms with van der Waals surface area (Å²) in [6, 6.07) is 3.86. The lowest BCUT2D eigenvalue weighted by atomic mass is 10.0. The van der Waals surface area contributed by atoms with Crippen LogP contribution in [0.2, 0.25) is 0 Å². The number of benzene rings is 1. The summed E-state index contributed by atoms with van der Waals surface area (Å²) in [6.07, 6.45) is -12.4. The molecule has 0 N–H and O–H groups in total. The van der Waals surface area contributed by atoms with Crippen molar-refractivity contribution >= 4 is 11.6 Å². The van der Waals surface area contributed by atoms with Crippen LogP contribution in [0.3, 0.4) is 0 Å². The van der Waals surface area contributed by atoms with Gasteiger partial charge in [0.05, 0.1) is 30.1 Å². The molecule has 0 spiro atoms. The second-order valence-corrected chi connectivity index (χ2v) is 7.25. The molecule has 14 heteroatoms. The number of aromatic nitrogens is 2. The minimum Gasteiger partial charge on any atom is -0.481 e. The van der Waals surface area contributed by atoms with E-state index < -0.39 is 53.4 Å². The van der Waals surface area contributed by atoms with Crippen LogP contribution in [0.5, 0.6) is 5.88 Å². The molecule has 0 saturated carbocycles. The SMILES string of the molecule is COc1ncccc1-c1ccncc1N(CC(F)(F)F)C(=O)c1cc(C(F)(F)F)cc(C(F)(F)F)c1. The van der Waals surface area contributed by atoms with E-state index in [1.165, 1.54) is 31.5 Å². The van der Waals surface area contributed by atoms with Crippen LogP contribution in [0.25, 0.3) is 11.1 Å². The van der Waals surface area contributed by atoms with E-state index in [0.717, 1.165) is 12.4 Å².